The van der Waals surface area contributed by atoms with Gasteiger partial charge in [-0.15, -0.1) is 0 Å². The molecule has 1 aliphatic rings. The fourth-order valence-corrected chi connectivity index (χ4v) is 2.32. The number of nitrogens with one attached hydrogen (secondary N) is 2. The molecule has 0 unspecified atom stereocenters. The van der Waals surface area contributed by atoms with Crippen LogP contribution in [0.4, 0.5) is 5.69 Å². The van der Waals surface area contributed by atoms with E-state index in [1.54, 1.807) is 6.07 Å². The third kappa shape index (κ3) is 3.87. The quantitative estimate of drug-likeness (QED) is 0.834. The maximum Gasteiger partial charge on any atom is 0.253 e. The van der Waals surface area contributed by atoms with Crippen LogP contribution in [0.15, 0.2) is 18.2 Å². The summed E-state index contributed by atoms with van der Waals surface area (Å²) in [5.41, 5.74) is 1.50. The molecule has 2 rings (SSSR count). The minimum Gasteiger partial charge on any atom is -0.384 e. The van der Waals surface area contributed by atoms with Crippen LogP contribution in [0.25, 0.3) is 0 Å². The van der Waals surface area contributed by atoms with Gasteiger partial charge in [0.05, 0.1) is 5.56 Å². The highest BCUT2D eigenvalue weighted by molar-refractivity contribution is 6.31. The molecule has 0 radical (unpaired) electrons. The highest BCUT2D eigenvalue weighted by Gasteiger charge is 2.19. The summed E-state index contributed by atoms with van der Waals surface area (Å²) in [7, 11) is 0. The van der Waals surface area contributed by atoms with Crippen LogP contribution in [0.2, 0.25) is 5.02 Å². The van der Waals surface area contributed by atoms with Crippen molar-refractivity contribution in [2.75, 3.05) is 18.4 Å². The van der Waals surface area contributed by atoms with Crippen molar-refractivity contribution in [1.82, 2.24) is 5.32 Å². The molecule has 3 nitrogen and oxygen atoms in total. The van der Waals surface area contributed by atoms with Gasteiger partial charge in [-0.3, -0.25) is 4.79 Å². The lowest BCUT2D eigenvalue weighted by Gasteiger charge is -2.25. The van der Waals surface area contributed by atoms with Gasteiger partial charge in [-0.1, -0.05) is 24.9 Å². The van der Waals surface area contributed by atoms with Crippen LogP contribution in [-0.4, -0.2) is 19.0 Å². The number of halogens is 1. The van der Waals surface area contributed by atoms with Crippen molar-refractivity contribution in [3.05, 3.63) is 28.8 Å². The number of carbonyl (C=O) groups is 1. The van der Waals surface area contributed by atoms with Gasteiger partial charge in [0, 0.05) is 23.8 Å². The van der Waals surface area contributed by atoms with Crippen LogP contribution in [0.1, 0.15) is 43.0 Å². The van der Waals surface area contributed by atoms with E-state index >= 15 is 0 Å². The highest BCUT2D eigenvalue weighted by atomic mass is 35.5. The average Bonchev–Trinajstić information content (AvgIpc) is 2.35. The van der Waals surface area contributed by atoms with Gasteiger partial charge in [0.1, 0.15) is 0 Å². The molecule has 2 N–H and O–H groups in total. The van der Waals surface area contributed by atoms with E-state index in [0.717, 1.165) is 25.2 Å². The molecule has 1 amide bonds. The number of amides is 1. The molecule has 104 valence electrons. The maximum absolute atomic E-state index is 12.2. The van der Waals surface area contributed by atoms with Crippen LogP contribution in [0.5, 0.6) is 0 Å². The van der Waals surface area contributed by atoms with Gasteiger partial charge in [0.15, 0.2) is 0 Å². The molecule has 0 aliphatic heterocycles. The van der Waals surface area contributed by atoms with Crippen LogP contribution in [-0.2, 0) is 0 Å². The van der Waals surface area contributed by atoms with E-state index in [1.807, 2.05) is 12.1 Å². The number of carbonyl (C=O) groups excluding carboxylic acids is 1. The van der Waals surface area contributed by atoms with E-state index in [4.69, 9.17) is 11.6 Å². The average molecular weight is 281 g/mol. The molecule has 0 atom stereocenters. The van der Waals surface area contributed by atoms with Gasteiger partial charge >= 0.3 is 0 Å². The summed E-state index contributed by atoms with van der Waals surface area (Å²) in [5, 5.41) is 6.87. The number of anilines is 1. The summed E-state index contributed by atoms with van der Waals surface area (Å²) in [6.07, 6.45) is 4.78. The summed E-state index contributed by atoms with van der Waals surface area (Å²) in [6.45, 7) is 3.72. The SMILES string of the molecule is CCCNc1ccc(Cl)cc1C(=O)NCC1CCC1. The van der Waals surface area contributed by atoms with Crippen LogP contribution in [0.3, 0.4) is 0 Å². The second kappa shape index (κ2) is 6.80. The van der Waals surface area contributed by atoms with Gasteiger partial charge in [-0.25, -0.2) is 0 Å². The van der Waals surface area contributed by atoms with Crippen LogP contribution < -0.4 is 10.6 Å². The zero-order valence-electron chi connectivity index (χ0n) is 11.3. The van der Waals surface area contributed by atoms with Crippen LogP contribution >= 0.6 is 11.6 Å². The summed E-state index contributed by atoms with van der Waals surface area (Å²) in [4.78, 5) is 12.2. The van der Waals surface area contributed by atoms with Crippen molar-refractivity contribution in [2.24, 2.45) is 5.92 Å². The van der Waals surface area contributed by atoms with E-state index in [0.29, 0.717) is 16.5 Å². The Bertz CT molecular complexity index is 444. The van der Waals surface area contributed by atoms with Crippen molar-refractivity contribution >= 4 is 23.2 Å². The Balaban J connectivity index is 2.02. The second-order valence-corrected chi connectivity index (χ2v) is 5.56. The van der Waals surface area contributed by atoms with Crippen molar-refractivity contribution < 1.29 is 4.79 Å². The minimum atomic E-state index is -0.0343. The molecule has 1 saturated carbocycles. The molecule has 1 aliphatic carbocycles. The molecule has 1 aromatic carbocycles. The molecule has 0 aromatic heterocycles. The van der Waals surface area contributed by atoms with E-state index in [2.05, 4.69) is 17.6 Å². The van der Waals surface area contributed by atoms with Gasteiger partial charge in [-0.05, 0) is 43.4 Å². The largest absolute Gasteiger partial charge is 0.384 e. The Kier molecular flexibility index (Phi) is 5.08. The lowest BCUT2D eigenvalue weighted by atomic mass is 9.85. The molecule has 4 heteroatoms. The Hall–Kier alpha value is -1.22. The Labute approximate surface area is 119 Å². The van der Waals surface area contributed by atoms with Gasteiger partial charge in [0.25, 0.3) is 5.91 Å². The topological polar surface area (TPSA) is 41.1 Å². The van der Waals surface area contributed by atoms with Gasteiger partial charge in [0.2, 0.25) is 0 Å². The monoisotopic (exact) mass is 280 g/mol. The normalized spacial score (nSPS) is 14.8. The van der Waals surface area contributed by atoms with E-state index < -0.39 is 0 Å². The zero-order chi connectivity index (χ0) is 13.7. The fourth-order valence-electron chi connectivity index (χ4n) is 2.15. The van der Waals surface area contributed by atoms with Crippen molar-refractivity contribution in [3.63, 3.8) is 0 Å². The first kappa shape index (κ1) is 14.2. The maximum atomic E-state index is 12.2. The third-order valence-corrected chi connectivity index (χ3v) is 3.80. The molecular weight excluding hydrogens is 260 g/mol. The highest BCUT2D eigenvalue weighted by Crippen LogP contribution is 2.26. The molecule has 0 heterocycles. The standard InChI is InChI=1S/C15H21ClN2O/c1-2-8-17-14-7-6-12(16)9-13(14)15(19)18-10-11-4-3-5-11/h6-7,9,11,17H,2-5,8,10H2,1H3,(H,18,19). The minimum absolute atomic E-state index is 0.0343. The third-order valence-electron chi connectivity index (χ3n) is 3.57. The van der Waals surface area contributed by atoms with Crippen molar-refractivity contribution in [3.8, 4) is 0 Å². The van der Waals surface area contributed by atoms with E-state index in [1.165, 1.54) is 19.3 Å². The first-order chi connectivity index (χ1) is 9.20. The Morgan fingerprint density at radius 3 is 2.84 bits per heavy atom. The molecule has 19 heavy (non-hydrogen) atoms. The van der Waals surface area contributed by atoms with Crippen LogP contribution in [0, 0.1) is 5.92 Å². The summed E-state index contributed by atoms with van der Waals surface area (Å²) in [6, 6.07) is 5.41. The van der Waals surface area contributed by atoms with E-state index in [-0.39, 0.29) is 5.91 Å². The van der Waals surface area contributed by atoms with Gasteiger partial charge < -0.3 is 10.6 Å². The molecule has 1 fully saturated rings. The molecule has 0 bridgehead atoms. The Morgan fingerprint density at radius 1 is 1.42 bits per heavy atom. The molecule has 1 aromatic rings. The fraction of sp³-hybridized carbons (Fsp3) is 0.533. The number of hydrogen-bond donors (Lipinski definition) is 2. The zero-order valence-corrected chi connectivity index (χ0v) is 12.1. The van der Waals surface area contributed by atoms with E-state index in [9.17, 15) is 4.79 Å². The number of benzene rings is 1. The van der Waals surface area contributed by atoms with Gasteiger partial charge in [-0.2, -0.15) is 0 Å². The molecule has 0 saturated heterocycles. The molecule has 0 spiro atoms. The predicted octanol–water partition coefficient (Wildman–Crippen LogP) is 3.69. The Morgan fingerprint density at radius 2 is 2.21 bits per heavy atom. The second-order valence-electron chi connectivity index (χ2n) is 5.12. The predicted molar refractivity (Wildman–Crippen MR) is 79.9 cm³/mol. The lowest BCUT2D eigenvalue weighted by molar-refractivity contribution is 0.0940. The smallest absolute Gasteiger partial charge is 0.253 e. The summed E-state index contributed by atoms with van der Waals surface area (Å²) in [5.74, 6) is 0.628. The first-order valence-electron chi connectivity index (χ1n) is 7.02. The molecular formula is C15H21ClN2O. The summed E-state index contributed by atoms with van der Waals surface area (Å²) >= 11 is 5.99. The van der Waals surface area contributed by atoms with Crippen molar-refractivity contribution in [2.45, 2.75) is 32.6 Å². The first-order valence-corrected chi connectivity index (χ1v) is 7.40. The van der Waals surface area contributed by atoms with Crippen molar-refractivity contribution in [1.29, 1.82) is 0 Å². The number of rotatable bonds is 6. The lowest BCUT2D eigenvalue weighted by Crippen LogP contribution is -2.32. The summed E-state index contributed by atoms with van der Waals surface area (Å²) < 4.78 is 0. The number of hydrogen-bond acceptors (Lipinski definition) is 2.